The van der Waals surface area contributed by atoms with Gasteiger partial charge in [0.2, 0.25) is 0 Å². The number of quaternary nitrogens is 1. The number of likely N-dealkylation sites (tertiary alicyclic amines) is 1. The lowest BCUT2D eigenvalue weighted by atomic mass is 9.80. The van der Waals surface area contributed by atoms with E-state index in [1.807, 2.05) is 36.4 Å². The highest BCUT2D eigenvalue weighted by Gasteiger charge is 2.48. The molecule has 166 valence electrons. The Hall–Kier alpha value is -2.31. The van der Waals surface area contributed by atoms with E-state index < -0.39 is 11.6 Å². The van der Waals surface area contributed by atoms with Crippen molar-refractivity contribution in [3.8, 4) is 0 Å². The molecule has 1 saturated carbocycles. The first-order valence-electron chi connectivity index (χ1n) is 11.6. The quantitative estimate of drug-likeness (QED) is 0.520. The Labute approximate surface area is 184 Å². The normalized spacial score (nSPS) is 25.9. The Morgan fingerprint density at radius 3 is 2.65 bits per heavy atom. The molecule has 1 aromatic carbocycles. The first-order valence-corrected chi connectivity index (χ1v) is 11.6. The molecule has 2 heterocycles. The Morgan fingerprint density at radius 1 is 1.16 bits per heavy atom. The Balaban J connectivity index is 1.43. The van der Waals surface area contributed by atoms with Crippen molar-refractivity contribution in [3.63, 3.8) is 0 Å². The van der Waals surface area contributed by atoms with Crippen molar-refractivity contribution in [2.45, 2.75) is 56.6 Å². The summed E-state index contributed by atoms with van der Waals surface area (Å²) in [4.78, 5) is 21.6. The number of hydrogen-bond acceptors (Lipinski definition) is 5. The van der Waals surface area contributed by atoms with Gasteiger partial charge in [-0.25, -0.2) is 14.8 Å². The summed E-state index contributed by atoms with van der Waals surface area (Å²) in [5.41, 5.74) is 0.136. The number of rotatable bonds is 8. The molecule has 2 aromatic rings. The molecule has 0 bridgehead atoms. The standard InChI is InChI=1S/C25H34N3O3/c1-28(17-14-22-13-15-26-19-27-22)16-7-12-23(28)18-31-24(29)25(30,21-10-5-6-11-21)20-8-3-2-4-9-20/h2-4,8-9,13,15,19,21,23,30H,5-7,10-12,14,16-18H2,1H3/q+1/t23?,25?,28-/m1/s1. The van der Waals surface area contributed by atoms with Gasteiger partial charge in [-0.15, -0.1) is 0 Å². The van der Waals surface area contributed by atoms with Crippen LogP contribution in [-0.4, -0.2) is 58.3 Å². The van der Waals surface area contributed by atoms with Crippen LogP contribution in [-0.2, 0) is 21.6 Å². The SMILES string of the molecule is C[N@+]1(CCc2ccncn2)CCCC1COC(=O)C(O)(c1ccccc1)C1CCCC1. The number of esters is 1. The van der Waals surface area contributed by atoms with Crippen molar-refractivity contribution in [1.82, 2.24) is 9.97 Å². The van der Waals surface area contributed by atoms with Crippen molar-refractivity contribution in [2.75, 3.05) is 26.7 Å². The van der Waals surface area contributed by atoms with Crippen molar-refractivity contribution in [2.24, 2.45) is 5.92 Å². The molecule has 1 aliphatic heterocycles. The molecule has 4 rings (SSSR count). The Morgan fingerprint density at radius 2 is 1.94 bits per heavy atom. The molecule has 6 nitrogen and oxygen atoms in total. The van der Waals surface area contributed by atoms with Crippen LogP contribution in [0.2, 0.25) is 0 Å². The minimum atomic E-state index is -1.55. The number of likely N-dealkylation sites (N-methyl/N-ethyl adjacent to an activating group) is 1. The molecule has 1 N–H and O–H groups in total. The van der Waals surface area contributed by atoms with Crippen LogP contribution < -0.4 is 0 Å². The fourth-order valence-electron chi connectivity index (χ4n) is 5.41. The first kappa shape index (κ1) is 21.9. The number of carbonyl (C=O) groups excluding carboxylic acids is 1. The average Bonchev–Trinajstić information content (AvgIpc) is 3.48. The maximum absolute atomic E-state index is 13.3. The number of aromatic nitrogens is 2. The monoisotopic (exact) mass is 424 g/mol. The fourth-order valence-corrected chi connectivity index (χ4v) is 5.41. The lowest BCUT2D eigenvalue weighted by Gasteiger charge is -2.37. The van der Waals surface area contributed by atoms with Crippen LogP contribution in [0.1, 0.15) is 49.8 Å². The third-order valence-corrected chi connectivity index (χ3v) is 7.49. The van der Waals surface area contributed by atoms with Gasteiger partial charge in [0, 0.05) is 37.1 Å². The van der Waals surface area contributed by atoms with Gasteiger partial charge in [0.1, 0.15) is 19.0 Å². The molecule has 3 atom stereocenters. The van der Waals surface area contributed by atoms with E-state index >= 15 is 0 Å². The summed E-state index contributed by atoms with van der Waals surface area (Å²) in [5, 5.41) is 11.6. The summed E-state index contributed by atoms with van der Waals surface area (Å²) in [6.07, 6.45) is 10.2. The van der Waals surface area contributed by atoms with Gasteiger partial charge in [0.25, 0.3) is 0 Å². The van der Waals surface area contributed by atoms with Crippen LogP contribution in [0.4, 0.5) is 0 Å². The van der Waals surface area contributed by atoms with Gasteiger partial charge in [-0.1, -0.05) is 43.2 Å². The zero-order chi connectivity index (χ0) is 21.7. The predicted molar refractivity (Wildman–Crippen MR) is 118 cm³/mol. The van der Waals surface area contributed by atoms with Crippen LogP contribution in [0.15, 0.2) is 48.9 Å². The van der Waals surface area contributed by atoms with Crippen LogP contribution in [0, 0.1) is 5.92 Å². The fraction of sp³-hybridized carbons (Fsp3) is 0.560. The summed E-state index contributed by atoms with van der Waals surface area (Å²) in [7, 11) is 2.24. The van der Waals surface area contributed by atoms with Gasteiger partial charge < -0.3 is 14.3 Å². The van der Waals surface area contributed by atoms with E-state index in [0.717, 1.165) is 68.2 Å². The molecule has 2 unspecified atom stereocenters. The highest BCUT2D eigenvalue weighted by molar-refractivity contribution is 5.81. The minimum absolute atomic E-state index is 0.0791. The number of benzene rings is 1. The summed E-state index contributed by atoms with van der Waals surface area (Å²) < 4.78 is 6.74. The molecule has 2 aliphatic rings. The first-order chi connectivity index (χ1) is 15.0. The van der Waals surface area contributed by atoms with Gasteiger partial charge in [0.05, 0.1) is 20.1 Å². The van der Waals surface area contributed by atoms with Crippen LogP contribution in [0.5, 0.6) is 0 Å². The van der Waals surface area contributed by atoms with Gasteiger partial charge in [0.15, 0.2) is 5.60 Å². The van der Waals surface area contributed by atoms with E-state index in [0.29, 0.717) is 12.2 Å². The number of ether oxygens (including phenoxy) is 1. The van der Waals surface area contributed by atoms with Crippen molar-refractivity contribution in [3.05, 3.63) is 60.2 Å². The zero-order valence-corrected chi connectivity index (χ0v) is 18.4. The lowest BCUT2D eigenvalue weighted by molar-refractivity contribution is -0.921. The van der Waals surface area contributed by atoms with Gasteiger partial charge in [-0.3, -0.25) is 0 Å². The van der Waals surface area contributed by atoms with E-state index in [1.54, 1.807) is 12.5 Å². The topological polar surface area (TPSA) is 72.3 Å². The largest absolute Gasteiger partial charge is 0.457 e. The third kappa shape index (κ3) is 4.65. The Bertz CT molecular complexity index is 857. The van der Waals surface area contributed by atoms with Gasteiger partial charge in [-0.2, -0.15) is 0 Å². The van der Waals surface area contributed by atoms with Crippen molar-refractivity contribution >= 4 is 5.97 Å². The number of nitrogens with zero attached hydrogens (tertiary/aromatic N) is 3. The van der Waals surface area contributed by atoms with E-state index in [-0.39, 0.29) is 12.0 Å². The summed E-state index contributed by atoms with van der Waals surface area (Å²) in [6, 6.07) is 11.5. The molecule has 1 saturated heterocycles. The van der Waals surface area contributed by atoms with Crippen molar-refractivity contribution in [1.29, 1.82) is 0 Å². The molecule has 1 aromatic heterocycles. The molecule has 2 fully saturated rings. The second-order valence-corrected chi connectivity index (χ2v) is 9.39. The van der Waals surface area contributed by atoms with Gasteiger partial charge in [-0.05, 0) is 24.5 Å². The highest BCUT2D eigenvalue weighted by Crippen LogP contribution is 2.41. The average molecular weight is 425 g/mol. The zero-order valence-electron chi connectivity index (χ0n) is 18.4. The molecule has 1 aliphatic carbocycles. The predicted octanol–water partition coefficient (Wildman–Crippen LogP) is 3.25. The summed E-state index contributed by atoms with van der Waals surface area (Å²) in [5.74, 6) is -0.565. The molecule has 6 heteroatoms. The van der Waals surface area contributed by atoms with E-state index in [1.165, 1.54) is 0 Å². The molecule has 31 heavy (non-hydrogen) atoms. The number of aliphatic hydroxyl groups is 1. The highest BCUT2D eigenvalue weighted by atomic mass is 16.6. The van der Waals surface area contributed by atoms with E-state index in [2.05, 4.69) is 17.0 Å². The summed E-state index contributed by atoms with van der Waals surface area (Å²) in [6.45, 7) is 2.37. The molecular weight excluding hydrogens is 390 g/mol. The van der Waals surface area contributed by atoms with Crippen LogP contribution in [0.25, 0.3) is 0 Å². The Kier molecular flexibility index (Phi) is 6.68. The second-order valence-electron chi connectivity index (χ2n) is 9.39. The van der Waals surface area contributed by atoms with E-state index in [4.69, 9.17) is 4.74 Å². The third-order valence-electron chi connectivity index (χ3n) is 7.49. The second kappa shape index (κ2) is 9.45. The maximum atomic E-state index is 13.3. The van der Waals surface area contributed by atoms with Gasteiger partial charge >= 0.3 is 5.97 Å². The minimum Gasteiger partial charge on any atom is -0.457 e. The number of carbonyl (C=O) groups is 1. The van der Waals surface area contributed by atoms with E-state index in [9.17, 15) is 9.90 Å². The molecule has 0 amide bonds. The number of hydrogen-bond donors (Lipinski definition) is 1. The maximum Gasteiger partial charge on any atom is 0.343 e. The molecule has 0 radical (unpaired) electrons. The lowest BCUT2D eigenvalue weighted by Crippen LogP contribution is -2.52. The van der Waals surface area contributed by atoms with Crippen molar-refractivity contribution < 1.29 is 19.1 Å². The smallest absolute Gasteiger partial charge is 0.343 e. The van der Waals surface area contributed by atoms with Crippen LogP contribution >= 0.6 is 0 Å². The molecule has 0 spiro atoms. The molecular formula is C25H34N3O3+. The summed E-state index contributed by atoms with van der Waals surface area (Å²) >= 11 is 0. The van der Waals surface area contributed by atoms with Crippen LogP contribution in [0.3, 0.4) is 0 Å².